The van der Waals surface area contributed by atoms with E-state index in [-0.39, 0.29) is 18.4 Å². The van der Waals surface area contributed by atoms with Crippen molar-refractivity contribution in [3.05, 3.63) is 83.2 Å². The predicted octanol–water partition coefficient (Wildman–Crippen LogP) is 5.89. The number of rotatable bonds is 6. The van der Waals surface area contributed by atoms with E-state index >= 15 is 0 Å². The lowest BCUT2D eigenvalue weighted by Crippen LogP contribution is -2.17. The largest absolute Gasteiger partial charge is 0.489 e. The molecule has 0 saturated heterocycles. The molecule has 164 valence electrons. The van der Waals surface area contributed by atoms with E-state index in [1.54, 1.807) is 0 Å². The monoisotopic (exact) mass is 427 g/mol. The van der Waals surface area contributed by atoms with Gasteiger partial charge in [0.1, 0.15) is 11.4 Å². The van der Waals surface area contributed by atoms with Gasteiger partial charge in [0.05, 0.1) is 29.6 Å². The summed E-state index contributed by atoms with van der Waals surface area (Å²) in [5.74, 6) is 0.552. The van der Waals surface area contributed by atoms with Crippen molar-refractivity contribution in [2.24, 2.45) is 0 Å². The maximum atomic E-state index is 13.1. The molecule has 1 N–H and O–H groups in total. The molecule has 0 aliphatic carbocycles. The summed E-state index contributed by atoms with van der Waals surface area (Å²) in [5.41, 5.74) is 7.78. The molecule has 0 spiro atoms. The van der Waals surface area contributed by atoms with Crippen molar-refractivity contribution in [1.82, 2.24) is 9.38 Å². The molecule has 0 atom stereocenters. The number of benzene rings is 2. The zero-order valence-corrected chi connectivity index (χ0v) is 19.3. The molecule has 5 nitrogen and oxygen atoms in total. The van der Waals surface area contributed by atoms with Crippen LogP contribution in [0.1, 0.15) is 36.2 Å². The SMILES string of the molecule is Cc1ccn2c(CC(=O)Nc3ccccc3OC(C)C)c(-c3ccc(C)c(C)c3)nc2c1. The summed E-state index contributed by atoms with van der Waals surface area (Å²) in [6, 6.07) is 17.9. The maximum absolute atomic E-state index is 13.1. The number of para-hydroxylation sites is 2. The number of hydrogen-bond acceptors (Lipinski definition) is 3. The Morgan fingerprint density at radius 1 is 1.03 bits per heavy atom. The Morgan fingerprint density at radius 3 is 2.56 bits per heavy atom. The van der Waals surface area contributed by atoms with Crippen molar-refractivity contribution in [3.63, 3.8) is 0 Å². The van der Waals surface area contributed by atoms with E-state index in [4.69, 9.17) is 9.72 Å². The van der Waals surface area contributed by atoms with Crippen LogP contribution in [0.4, 0.5) is 5.69 Å². The number of pyridine rings is 1. The second-order valence-corrected chi connectivity index (χ2v) is 8.53. The highest BCUT2D eigenvalue weighted by molar-refractivity contribution is 5.94. The van der Waals surface area contributed by atoms with Gasteiger partial charge in [-0.15, -0.1) is 0 Å². The van der Waals surface area contributed by atoms with E-state index in [1.807, 2.05) is 67.8 Å². The van der Waals surface area contributed by atoms with Crippen LogP contribution in [0.25, 0.3) is 16.9 Å². The number of carbonyl (C=O) groups excluding carboxylic acids is 1. The Balaban J connectivity index is 1.71. The van der Waals surface area contributed by atoms with Gasteiger partial charge in [0.15, 0.2) is 0 Å². The summed E-state index contributed by atoms with van der Waals surface area (Å²) in [7, 11) is 0. The van der Waals surface area contributed by atoms with E-state index < -0.39 is 0 Å². The normalized spacial score (nSPS) is 11.2. The van der Waals surface area contributed by atoms with Crippen LogP contribution in [0.3, 0.4) is 0 Å². The van der Waals surface area contributed by atoms with Crippen LogP contribution in [0.15, 0.2) is 60.8 Å². The number of nitrogens with one attached hydrogen (secondary N) is 1. The Kier molecular flexibility index (Phi) is 5.99. The number of aromatic nitrogens is 2. The van der Waals surface area contributed by atoms with Crippen molar-refractivity contribution in [1.29, 1.82) is 0 Å². The van der Waals surface area contributed by atoms with Gasteiger partial charge in [0.2, 0.25) is 5.91 Å². The number of amides is 1. The van der Waals surface area contributed by atoms with E-state index in [1.165, 1.54) is 11.1 Å². The summed E-state index contributed by atoms with van der Waals surface area (Å²) in [6.45, 7) is 10.2. The number of aryl methyl sites for hydroxylation is 3. The fourth-order valence-electron chi connectivity index (χ4n) is 3.76. The maximum Gasteiger partial charge on any atom is 0.230 e. The highest BCUT2D eigenvalue weighted by Crippen LogP contribution is 2.29. The number of carbonyl (C=O) groups is 1. The molecule has 0 radical (unpaired) electrons. The minimum absolute atomic E-state index is 0.0199. The molecule has 1 amide bonds. The van der Waals surface area contributed by atoms with Crippen molar-refractivity contribution in [2.75, 3.05) is 5.32 Å². The lowest BCUT2D eigenvalue weighted by molar-refractivity contribution is -0.115. The smallest absolute Gasteiger partial charge is 0.230 e. The van der Waals surface area contributed by atoms with Crippen LogP contribution in [0.2, 0.25) is 0 Å². The number of hydrogen-bond donors (Lipinski definition) is 1. The van der Waals surface area contributed by atoms with Crippen LogP contribution in [-0.4, -0.2) is 21.4 Å². The Hall–Kier alpha value is -3.60. The van der Waals surface area contributed by atoms with E-state index in [9.17, 15) is 4.79 Å². The lowest BCUT2D eigenvalue weighted by atomic mass is 10.0. The number of fused-ring (bicyclic) bond motifs is 1. The number of anilines is 1. The molecule has 2 aromatic heterocycles. The summed E-state index contributed by atoms with van der Waals surface area (Å²) in [5, 5.41) is 3.02. The van der Waals surface area contributed by atoms with Crippen LogP contribution in [-0.2, 0) is 11.2 Å². The van der Waals surface area contributed by atoms with Crippen molar-refractivity contribution in [3.8, 4) is 17.0 Å². The molecule has 5 heteroatoms. The zero-order valence-electron chi connectivity index (χ0n) is 19.3. The van der Waals surface area contributed by atoms with Crippen LogP contribution < -0.4 is 10.1 Å². The fourth-order valence-corrected chi connectivity index (χ4v) is 3.76. The Morgan fingerprint density at radius 2 is 1.81 bits per heavy atom. The third-order valence-corrected chi connectivity index (χ3v) is 5.51. The molecule has 0 unspecified atom stereocenters. The minimum atomic E-state index is -0.114. The fraction of sp³-hybridized carbons (Fsp3) is 0.259. The molecule has 2 heterocycles. The molecule has 0 aliphatic heterocycles. The average molecular weight is 428 g/mol. The third kappa shape index (κ3) is 4.52. The van der Waals surface area contributed by atoms with E-state index in [0.29, 0.717) is 11.4 Å². The summed E-state index contributed by atoms with van der Waals surface area (Å²) < 4.78 is 7.86. The molecule has 0 saturated carbocycles. The first kappa shape index (κ1) is 21.6. The van der Waals surface area contributed by atoms with Crippen LogP contribution >= 0.6 is 0 Å². The van der Waals surface area contributed by atoms with Crippen molar-refractivity contribution >= 4 is 17.2 Å². The van der Waals surface area contributed by atoms with Crippen molar-refractivity contribution in [2.45, 2.75) is 47.1 Å². The number of nitrogens with zero attached hydrogens (tertiary/aromatic N) is 2. The number of imidazole rings is 1. The molecule has 0 bridgehead atoms. The van der Waals surface area contributed by atoms with Gasteiger partial charge in [0.25, 0.3) is 0 Å². The first-order valence-corrected chi connectivity index (χ1v) is 10.9. The van der Waals surface area contributed by atoms with Gasteiger partial charge in [-0.2, -0.15) is 0 Å². The quantitative estimate of drug-likeness (QED) is 0.417. The molecule has 0 aliphatic rings. The highest BCUT2D eigenvalue weighted by atomic mass is 16.5. The summed E-state index contributed by atoms with van der Waals surface area (Å²) >= 11 is 0. The Bertz CT molecular complexity index is 1290. The second-order valence-electron chi connectivity index (χ2n) is 8.53. The van der Waals surface area contributed by atoms with E-state index in [0.717, 1.165) is 28.2 Å². The van der Waals surface area contributed by atoms with Gasteiger partial charge < -0.3 is 14.5 Å². The minimum Gasteiger partial charge on any atom is -0.489 e. The zero-order chi connectivity index (χ0) is 22.8. The first-order chi connectivity index (χ1) is 15.3. The van der Waals surface area contributed by atoms with Crippen LogP contribution in [0, 0.1) is 20.8 Å². The molecule has 4 rings (SSSR count). The third-order valence-electron chi connectivity index (χ3n) is 5.51. The number of ether oxygens (including phenoxy) is 1. The van der Waals surface area contributed by atoms with Crippen LogP contribution in [0.5, 0.6) is 5.75 Å². The van der Waals surface area contributed by atoms with Gasteiger partial charge in [-0.05, 0) is 81.6 Å². The van der Waals surface area contributed by atoms with Gasteiger partial charge >= 0.3 is 0 Å². The first-order valence-electron chi connectivity index (χ1n) is 10.9. The molecule has 2 aromatic carbocycles. The molecule has 4 aromatic rings. The standard InChI is InChI=1S/C27H29N3O2/c1-17(2)32-24-9-7-6-8-22(24)28-26(31)16-23-27(21-11-10-19(4)20(5)15-21)29-25-14-18(3)12-13-30(23)25/h6-15,17H,16H2,1-5H3,(H,28,31). The lowest BCUT2D eigenvalue weighted by Gasteiger charge is -2.15. The van der Waals surface area contributed by atoms with Gasteiger partial charge in [-0.3, -0.25) is 4.79 Å². The predicted molar refractivity (Wildman–Crippen MR) is 129 cm³/mol. The molecule has 0 fully saturated rings. The molecular weight excluding hydrogens is 398 g/mol. The van der Waals surface area contributed by atoms with E-state index in [2.05, 4.69) is 37.4 Å². The summed E-state index contributed by atoms with van der Waals surface area (Å²) in [4.78, 5) is 18.0. The average Bonchev–Trinajstić information content (AvgIpc) is 3.08. The molecular formula is C27H29N3O2. The molecule has 32 heavy (non-hydrogen) atoms. The van der Waals surface area contributed by atoms with Crippen molar-refractivity contribution < 1.29 is 9.53 Å². The topological polar surface area (TPSA) is 55.6 Å². The van der Waals surface area contributed by atoms with Gasteiger partial charge in [-0.1, -0.05) is 24.3 Å². The summed E-state index contributed by atoms with van der Waals surface area (Å²) in [6.07, 6.45) is 2.20. The second kappa shape index (κ2) is 8.87. The van der Waals surface area contributed by atoms with Gasteiger partial charge in [0, 0.05) is 11.8 Å². The Labute approximate surface area is 189 Å². The van der Waals surface area contributed by atoms with Gasteiger partial charge in [-0.25, -0.2) is 4.98 Å². The highest BCUT2D eigenvalue weighted by Gasteiger charge is 2.19.